The Bertz CT molecular complexity index is 756. The number of hydrogen-bond donors (Lipinski definition) is 0. The number of ether oxygens (including phenoxy) is 1. The van der Waals surface area contributed by atoms with Crippen LogP contribution in [0.4, 0.5) is 5.82 Å². The molecular formula is C21H26N4O2. The van der Waals surface area contributed by atoms with Crippen molar-refractivity contribution in [1.29, 1.82) is 0 Å². The summed E-state index contributed by atoms with van der Waals surface area (Å²) in [5.41, 5.74) is 0.974. The summed E-state index contributed by atoms with van der Waals surface area (Å²) in [6.07, 6.45) is 6.24. The van der Waals surface area contributed by atoms with E-state index in [1.165, 1.54) is 0 Å². The van der Waals surface area contributed by atoms with Crippen molar-refractivity contribution in [3.8, 4) is 11.4 Å². The molecule has 1 atom stereocenters. The first kappa shape index (κ1) is 17.9. The lowest BCUT2D eigenvalue weighted by atomic mass is 10.2. The van der Waals surface area contributed by atoms with E-state index < -0.39 is 0 Å². The highest BCUT2D eigenvalue weighted by molar-refractivity contribution is 5.81. The topological polar surface area (TPSA) is 58.6 Å². The van der Waals surface area contributed by atoms with Gasteiger partial charge in [0.15, 0.2) is 5.82 Å². The van der Waals surface area contributed by atoms with Crippen molar-refractivity contribution in [3.05, 3.63) is 42.6 Å². The first-order valence-corrected chi connectivity index (χ1v) is 9.82. The molecule has 142 valence electrons. The third-order valence-electron chi connectivity index (χ3n) is 5.23. The smallest absolute Gasteiger partial charge is 0.242 e. The molecule has 2 fully saturated rings. The fraction of sp³-hybridized carbons (Fsp3) is 0.476. The summed E-state index contributed by atoms with van der Waals surface area (Å²) < 4.78 is 5.82. The van der Waals surface area contributed by atoms with Gasteiger partial charge in [0.1, 0.15) is 5.82 Å². The molecule has 3 heterocycles. The van der Waals surface area contributed by atoms with Crippen LogP contribution >= 0.6 is 0 Å². The monoisotopic (exact) mass is 366 g/mol. The highest BCUT2D eigenvalue weighted by atomic mass is 16.5. The van der Waals surface area contributed by atoms with Crippen LogP contribution in [-0.2, 0) is 9.53 Å². The molecule has 0 spiro atoms. The van der Waals surface area contributed by atoms with Gasteiger partial charge in [-0.25, -0.2) is 9.97 Å². The van der Waals surface area contributed by atoms with Crippen LogP contribution in [0.1, 0.15) is 25.7 Å². The number of rotatable bonds is 6. The summed E-state index contributed by atoms with van der Waals surface area (Å²) in [6.45, 7) is 3.56. The number of likely N-dealkylation sites (tertiary alicyclic amines) is 1. The fourth-order valence-electron chi connectivity index (χ4n) is 3.75. The second kappa shape index (κ2) is 8.48. The number of carbonyl (C=O) groups is 1. The number of anilines is 1. The van der Waals surface area contributed by atoms with Gasteiger partial charge in [-0.1, -0.05) is 30.3 Å². The molecule has 1 amide bonds. The van der Waals surface area contributed by atoms with E-state index in [-0.39, 0.29) is 12.0 Å². The fourth-order valence-corrected chi connectivity index (χ4v) is 3.75. The van der Waals surface area contributed by atoms with Gasteiger partial charge < -0.3 is 14.5 Å². The van der Waals surface area contributed by atoms with Crippen molar-refractivity contribution in [2.24, 2.45) is 0 Å². The summed E-state index contributed by atoms with van der Waals surface area (Å²) in [6, 6.07) is 11.8. The van der Waals surface area contributed by atoms with Gasteiger partial charge in [0, 0.05) is 38.0 Å². The Labute approximate surface area is 160 Å². The Morgan fingerprint density at radius 2 is 1.96 bits per heavy atom. The van der Waals surface area contributed by atoms with Gasteiger partial charge >= 0.3 is 0 Å². The predicted octanol–water partition coefficient (Wildman–Crippen LogP) is 2.75. The summed E-state index contributed by atoms with van der Waals surface area (Å²) >= 11 is 0. The Morgan fingerprint density at radius 1 is 1.15 bits per heavy atom. The molecule has 2 aliphatic rings. The maximum atomic E-state index is 12.8. The molecule has 0 unspecified atom stereocenters. The third-order valence-corrected chi connectivity index (χ3v) is 5.23. The molecule has 4 rings (SSSR count). The molecule has 2 aromatic rings. The van der Waals surface area contributed by atoms with Crippen molar-refractivity contribution in [2.45, 2.75) is 31.8 Å². The molecule has 0 saturated carbocycles. The molecule has 0 radical (unpaired) electrons. The van der Waals surface area contributed by atoms with E-state index in [1.54, 1.807) is 6.20 Å². The van der Waals surface area contributed by atoms with Crippen LogP contribution in [0.15, 0.2) is 42.6 Å². The molecule has 2 saturated heterocycles. The van der Waals surface area contributed by atoms with Crippen LogP contribution in [0.5, 0.6) is 0 Å². The predicted molar refractivity (Wildman–Crippen MR) is 104 cm³/mol. The van der Waals surface area contributed by atoms with E-state index in [9.17, 15) is 4.79 Å². The number of amides is 1. The lowest BCUT2D eigenvalue weighted by molar-refractivity contribution is -0.128. The van der Waals surface area contributed by atoms with Crippen molar-refractivity contribution < 1.29 is 9.53 Å². The molecule has 0 bridgehead atoms. The van der Waals surface area contributed by atoms with E-state index in [0.717, 1.165) is 56.8 Å². The minimum Gasteiger partial charge on any atom is -0.376 e. The van der Waals surface area contributed by atoms with Crippen LogP contribution < -0.4 is 4.90 Å². The van der Waals surface area contributed by atoms with Gasteiger partial charge in [0.25, 0.3) is 0 Å². The number of nitrogens with zero attached hydrogens (tertiary/aromatic N) is 4. The molecule has 1 aromatic heterocycles. The Hall–Kier alpha value is -2.47. The van der Waals surface area contributed by atoms with Gasteiger partial charge in [-0.05, 0) is 31.7 Å². The maximum Gasteiger partial charge on any atom is 0.242 e. The van der Waals surface area contributed by atoms with Gasteiger partial charge in [0.2, 0.25) is 5.91 Å². The van der Waals surface area contributed by atoms with E-state index in [1.807, 2.05) is 41.3 Å². The molecule has 0 N–H and O–H groups in total. The SMILES string of the molecule is O=C(CN(C[C@H]1CCCO1)c1ccnc(-c2ccccc2)n1)N1CCCC1. The van der Waals surface area contributed by atoms with E-state index >= 15 is 0 Å². The standard InChI is InChI=1S/C21H26N4O2/c26-20(24-12-4-5-13-24)16-25(15-18-9-6-14-27-18)19-10-11-22-21(23-19)17-7-2-1-3-8-17/h1-3,7-8,10-11,18H,4-6,9,12-16H2/t18-/m1/s1. The average Bonchev–Trinajstić information content (AvgIpc) is 3.42. The van der Waals surface area contributed by atoms with Crippen molar-refractivity contribution >= 4 is 11.7 Å². The van der Waals surface area contributed by atoms with Gasteiger partial charge in [-0.15, -0.1) is 0 Å². The molecule has 27 heavy (non-hydrogen) atoms. The quantitative estimate of drug-likeness (QED) is 0.787. The largest absolute Gasteiger partial charge is 0.376 e. The minimum absolute atomic E-state index is 0.159. The van der Waals surface area contributed by atoms with Crippen molar-refractivity contribution in [3.63, 3.8) is 0 Å². The second-order valence-electron chi connectivity index (χ2n) is 7.21. The first-order valence-electron chi connectivity index (χ1n) is 9.82. The second-order valence-corrected chi connectivity index (χ2v) is 7.21. The number of hydrogen-bond acceptors (Lipinski definition) is 5. The highest BCUT2D eigenvalue weighted by Gasteiger charge is 2.25. The van der Waals surface area contributed by atoms with E-state index in [0.29, 0.717) is 18.9 Å². The zero-order valence-electron chi connectivity index (χ0n) is 15.6. The van der Waals surface area contributed by atoms with E-state index in [2.05, 4.69) is 9.88 Å². The highest BCUT2D eigenvalue weighted by Crippen LogP contribution is 2.21. The number of carbonyl (C=O) groups excluding carboxylic acids is 1. The summed E-state index contributed by atoms with van der Waals surface area (Å²) in [7, 11) is 0. The number of aromatic nitrogens is 2. The normalized spacial score (nSPS) is 19.4. The lowest BCUT2D eigenvalue weighted by Gasteiger charge is -2.28. The van der Waals surface area contributed by atoms with Crippen LogP contribution in [0.25, 0.3) is 11.4 Å². The van der Waals surface area contributed by atoms with Crippen LogP contribution in [0.2, 0.25) is 0 Å². The first-order chi connectivity index (χ1) is 13.3. The van der Waals surface area contributed by atoms with Crippen LogP contribution in [0.3, 0.4) is 0 Å². The molecule has 6 heteroatoms. The Morgan fingerprint density at radius 3 is 2.70 bits per heavy atom. The molecule has 6 nitrogen and oxygen atoms in total. The molecule has 0 aliphatic carbocycles. The van der Waals surface area contributed by atoms with Gasteiger partial charge in [-0.3, -0.25) is 4.79 Å². The zero-order chi connectivity index (χ0) is 18.5. The molecule has 1 aromatic carbocycles. The molecule has 2 aliphatic heterocycles. The average molecular weight is 366 g/mol. The maximum absolute atomic E-state index is 12.8. The minimum atomic E-state index is 0.159. The Kier molecular flexibility index (Phi) is 5.63. The van der Waals surface area contributed by atoms with Gasteiger partial charge in [-0.2, -0.15) is 0 Å². The summed E-state index contributed by atoms with van der Waals surface area (Å²) in [5.74, 6) is 1.64. The third kappa shape index (κ3) is 4.45. The zero-order valence-corrected chi connectivity index (χ0v) is 15.6. The van der Waals surface area contributed by atoms with E-state index in [4.69, 9.17) is 9.72 Å². The lowest BCUT2D eigenvalue weighted by Crippen LogP contribution is -2.42. The summed E-state index contributed by atoms with van der Waals surface area (Å²) in [5, 5.41) is 0. The van der Waals surface area contributed by atoms with Crippen molar-refractivity contribution in [1.82, 2.24) is 14.9 Å². The van der Waals surface area contributed by atoms with Gasteiger partial charge in [0.05, 0.1) is 12.6 Å². The number of benzene rings is 1. The summed E-state index contributed by atoms with van der Waals surface area (Å²) in [4.78, 5) is 25.9. The van der Waals surface area contributed by atoms with Crippen LogP contribution in [0, 0.1) is 0 Å². The van der Waals surface area contributed by atoms with Crippen molar-refractivity contribution in [2.75, 3.05) is 37.7 Å². The molecular weight excluding hydrogens is 340 g/mol. The Balaban J connectivity index is 1.56. The van der Waals surface area contributed by atoms with Crippen LogP contribution in [-0.4, -0.2) is 59.7 Å².